The number of amides is 1. The maximum atomic E-state index is 10.7. The lowest BCUT2D eigenvalue weighted by atomic mass is 10.2. The largest absolute Gasteiger partial charge is 0.490 e. The van der Waals surface area contributed by atoms with E-state index in [1.807, 2.05) is 25.1 Å². The second kappa shape index (κ2) is 9.23. The number of carbonyl (C=O) groups excluding carboxylic acids is 1. The molecule has 0 saturated heterocycles. The third-order valence-electron chi connectivity index (χ3n) is 2.80. The van der Waals surface area contributed by atoms with E-state index in [4.69, 9.17) is 15.2 Å². The third kappa shape index (κ3) is 6.99. The van der Waals surface area contributed by atoms with Gasteiger partial charge in [-0.05, 0) is 37.1 Å². The van der Waals surface area contributed by atoms with Crippen molar-refractivity contribution in [3.05, 3.63) is 23.8 Å². The highest BCUT2D eigenvalue weighted by atomic mass is 16.5. The van der Waals surface area contributed by atoms with Gasteiger partial charge in [0.1, 0.15) is 0 Å². The number of benzene rings is 1. The summed E-state index contributed by atoms with van der Waals surface area (Å²) in [5.41, 5.74) is 6.24. The van der Waals surface area contributed by atoms with Gasteiger partial charge in [0.05, 0.1) is 19.6 Å². The van der Waals surface area contributed by atoms with E-state index in [-0.39, 0.29) is 18.9 Å². The van der Waals surface area contributed by atoms with Gasteiger partial charge >= 0.3 is 0 Å². The standard InChI is InChI=1S/C16H26N2O3/c1-4-20-15-9-13(11-18-10-12(2)3)5-6-14(15)21-8-7-16(17)19/h5-6,9,12,18H,4,7-8,10-11H2,1-3H3,(H2,17,19). The molecule has 3 N–H and O–H groups in total. The Morgan fingerprint density at radius 1 is 1.29 bits per heavy atom. The molecule has 1 amide bonds. The predicted molar refractivity (Wildman–Crippen MR) is 83.5 cm³/mol. The minimum Gasteiger partial charge on any atom is -0.490 e. The van der Waals surface area contributed by atoms with Crippen molar-refractivity contribution in [2.45, 2.75) is 33.7 Å². The van der Waals surface area contributed by atoms with Crippen molar-refractivity contribution in [3.8, 4) is 11.5 Å². The van der Waals surface area contributed by atoms with Crippen molar-refractivity contribution in [2.24, 2.45) is 11.7 Å². The Hall–Kier alpha value is -1.75. The molecule has 5 heteroatoms. The Balaban J connectivity index is 2.64. The summed E-state index contributed by atoms with van der Waals surface area (Å²) < 4.78 is 11.1. The van der Waals surface area contributed by atoms with Gasteiger partial charge < -0.3 is 20.5 Å². The fraction of sp³-hybridized carbons (Fsp3) is 0.562. The number of hydrogen-bond acceptors (Lipinski definition) is 4. The SMILES string of the molecule is CCOc1cc(CNCC(C)C)ccc1OCCC(N)=O. The van der Waals surface area contributed by atoms with Crippen LogP contribution in [0.15, 0.2) is 18.2 Å². The monoisotopic (exact) mass is 294 g/mol. The summed E-state index contributed by atoms with van der Waals surface area (Å²) >= 11 is 0. The van der Waals surface area contributed by atoms with Crippen LogP contribution in [0.4, 0.5) is 0 Å². The Labute approximate surface area is 126 Å². The molecule has 118 valence electrons. The molecule has 1 rings (SSSR count). The first-order valence-electron chi connectivity index (χ1n) is 7.40. The van der Waals surface area contributed by atoms with Gasteiger partial charge in [0.25, 0.3) is 0 Å². The second-order valence-electron chi connectivity index (χ2n) is 5.30. The molecule has 0 heterocycles. The minimum atomic E-state index is -0.373. The van der Waals surface area contributed by atoms with Gasteiger partial charge in [0.15, 0.2) is 11.5 Å². The van der Waals surface area contributed by atoms with Gasteiger partial charge in [-0.3, -0.25) is 4.79 Å². The maximum absolute atomic E-state index is 10.7. The highest BCUT2D eigenvalue weighted by Crippen LogP contribution is 2.28. The summed E-state index contributed by atoms with van der Waals surface area (Å²) in [7, 11) is 0. The molecule has 0 aliphatic rings. The number of nitrogens with two attached hydrogens (primary N) is 1. The summed E-state index contributed by atoms with van der Waals surface area (Å²) in [6, 6.07) is 5.84. The number of carbonyl (C=O) groups is 1. The Bertz CT molecular complexity index is 447. The normalized spacial score (nSPS) is 10.7. The first-order valence-corrected chi connectivity index (χ1v) is 7.40. The average molecular weight is 294 g/mol. The first kappa shape index (κ1) is 17.3. The van der Waals surface area contributed by atoms with Crippen LogP contribution in [0.3, 0.4) is 0 Å². The molecule has 0 fully saturated rings. The Kier molecular flexibility index (Phi) is 7.61. The summed E-state index contributed by atoms with van der Waals surface area (Å²) in [6.45, 7) is 8.87. The molecular weight excluding hydrogens is 268 g/mol. The van der Waals surface area contributed by atoms with E-state index >= 15 is 0 Å². The molecule has 5 nitrogen and oxygen atoms in total. The zero-order valence-electron chi connectivity index (χ0n) is 13.1. The molecule has 0 saturated carbocycles. The quantitative estimate of drug-likeness (QED) is 0.693. The zero-order chi connectivity index (χ0) is 15.7. The topological polar surface area (TPSA) is 73.6 Å². The maximum Gasteiger partial charge on any atom is 0.220 e. The van der Waals surface area contributed by atoms with Crippen LogP contribution in [0.5, 0.6) is 11.5 Å². The average Bonchev–Trinajstić information content (AvgIpc) is 2.40. The Morgan fingerprint density at radius 2 is 2.05 bits per heavy atom. The van der Waals surface area contributed by atoms with Crippen LogP contribution in [0.2, 0.25) is 0 Å². The van der Waals surface area contributed by atoms with Crippen molar-refractivity contribution in [1.29, 1.82) is 0 Å². The lowest BCUT2D eigenvalue weighted by Gasteiger charge is -2.14. The summed E-state index contributed by atoms with van der Waals surface area (Å²) in [4.78, 5) is 10.7. The van der Waals surface area contributed by atoms with Crippen LogP contribution < -0.4 is 20.5 Å². The van der Waals surface area contributed by atoms with Gasteiger partial charge in [-0.15, -0.1) is 0 Å². The Morgan fingerprint density at radius 3 is 2.67 bits per heavy atom. The fourth-order valence-corrected chi connectivity index (χ4v) is 1.82. The summed E-state index contributed by atoms with van der Waals surface area (Å²) in [5.74, 6) is 1.59. The fourth-order valence-electron chi connectivity index (χ4n) is 1.82. The highest BCUT2D eigenvalue weighted by Gasteiger charge is 2.07. The van der Waals surface area contributed by atoms with Crippen LogP contribution in [0.1, 0.15) is 32.8 Å². The molecule has 0 aromatic heterocycles. The van der Waals surface area contributed by atoms with Crippen molar-refractivity contribution < 1.29 is 14.3 Å². The number of ether oxygens (including phenoxy) is 2. The number of nitrogens with one attached hydrogen (secondary N) is 1. The van der Waals surface area contributed by atoms with Crippen molar-refractivity contribution in [2.75, 3.05) is 19.8 Å². The summed E-state index contributed by atoms with van der Waals surface area (Å²) in [6.07, 6.45) is 0.198. The molecule has 0 radical (unpaired) electrons. The van der Waals surface area contributed by atoms with E-state index in [0.717, 1.165) is 18.7 Å². The molecular formula is C16H26N2O3. The summed E-state index contributed by atoms with van der Waals surface area (Å²) in [5, 5.41) is 3.39. The van der Waals surface area contributed by atoms with Crippen molar-refractivity contribution in [1.82, 2.24) is 5.32 Å². The number of hydrogen-bond donors (Lipinski definition) is 2. The van der Waals surface area contributed by atoms with Gasteiger partial charge in [0.2, 0.25) is 5.91 Å². The van der Waals surface area contributed by atoms with Gasteiger partial charge in [-0.1, -0.05) is 19.9 Å². The second-order valence-corrected chi connectivity index (χ2v) is 5.30. The van der Waals surface area contributed by atoms with Crippen molar-refractivity contribution >= 4 is 5.91 Å². The molecule has 21 heavy (non-hydrogen) atoms. The molecule has 0 bridgehead atoms. The zero-order valence-corrected chi connectivity index (χ0v) is 13.1. The lowest BCUT2D eigenvalue weighted by Crippen LogP contribution is -2.19. The van der Waals surface area contributed by atoms with Gasteiger partial charge in [0, 0.05) is 6.54 Å². The minimum absolute atomic E-state index is 0.198. The van der Waals surface area contributed by atoms with Crippen LogP contribution in [-0.4, -0.2) is 25.7 Å². The number of rotatable bonds is 10. The van der Waals surface area contributed by atoms with E-state index in [9.17, 15) is 4.79 Å². The molecule has 1 aromatic carbocycles. The lowest BCUT2D eigenvalue weighted by molar-refractivity contribution is -0.118. The van der Waals surface area contributed by atoms with Crippen LogP contribution in [0, 0.1) is 5.92 Å². The third-order valence-corrected chi connectivity index (χ3v) is 2.80. The van der Waals surface area contributed by atoms with Crippen LogP contribution in [-0.2, 0) is 11.3 Å². The van der Waals surface area contributed by atoms with Gasteiger partial charge in [-0.25, -0.2) is 0 Å². The predicted octanol–water partition coefficient (Wildman–Crippen LogP) is 2.09. The van der Waals surface area contributed by atoms with E-state index in [0.29, 0.717) is 24.0 Å². The first-order chi connectivity index (χ1) is 10.0. The molecule has 0 aliphatic heterocycles. The van der Waals surface area contributed by atoms with Crippen molar-refractivity contribution in [3.63, 3.8) is 0 Å². The molecule has 0 spiro atoms. The van der Waals surface area contributed by atoms with E-state index in [2.05, 4.69) is 19.2 Å². The molecule has 1 aromatic rings. The van der Waals surface area contributed by atoms with Gasteiger partial charge in [-0.2, -0.15) is 0 Å². The number of primary amides is 1. The van der Waals surface area contributed by atoms with E-state index < -0.39 is 0 Å². The van der Waals surface area contributed by atoms with E-state index in [1.54, 1.807) is 0 Å². The highest BCUT2D eigenvalue weighted by molar-refractivity contribution is 5.73. The molecule has 0 unspecified atom stereocenters. The van der Waals surface area contributed by atoms with E-state index in [1.165, 1.54) is 0 Å². The smallest absolute Gasteiger partial charge is 0.220 e. The molecule has 0 atom stereocenters. The van der Waals surface area contributed by atoms with Crippen LogP contribution >= 0.6 is 0 Å². The van der Waals surface area contributed by atoms with Crippen LogP contribution in [0.25, 0.3) is 0 Å². The molecule has 0 aliphatic carbocycles.